The van der Waals surface area contributed by atoms with Crippen molar-refractivity contribution in [1.82, 2.24) is 5.32 Å². The fourth-order valence-electron chi connectivity index (χ4n) is 3.26. The van der Waals surface area contributed by atoms with Gasteiger partial charge in [0.05, 0.1) is 11.2 Å². The van der Waals surface area contributed by atoms with Crippen molar-refractivity contribution in [3.8, 4) is 0 Å². The van der Waals surface area contributed by atoms with E-state index < -0.39 is 18.3 Å². The van der Waals surface area contributed by atoms with Gasteiger partial charge < -0.3 is 14.6 Å². The van der Waals surface area contributed by atoms with Gasteiger partial charge >= 0.3 is 7.12 Å². The SMILES string of the molecule is CC(CCNC(=O)c1cccc(B2OC(C)(C)C(C)(C)O2)c1)c1ccccc1. The highest BCUT2D eigenvalue weighted by Gasteiger charge is 2.51. The summed E-state index contributed by atoms with van der Waals surface area (Å²) in [5.41, 5.74) is 1.98. The van der Waals surface area contributed by atoms with E-state index in [0.29, 0.717) is 18.0 Å². The zero-order valence-corrected chi connectivity index (χ0v) is 17.5. The van der Waals surface area contributed by atoms with Crippen LogP contribution in [0.5, 0.6) is 0 Å². The molecule has 0 radical (unpaired) electrons. The van der Waals surface area contributed by atoms with Crippen LogP contribution in [0.25, 0.3) is 0 Å². The molecule has 0 aliphatic carbocycles. The molecule has 2 aromatic rings. The van der Waals surface area contributed by atoms with Crippen LogP contribution in [0.4, 0.5) is 0 Å². The van der Waals surface area contributed by atoms with Crippen molar-refractivity contribution in [2.75, 3.05) is 6.54 Å². The molecule has 1 aliphatic rings. The molecular formula is C23H30BNO3. The van der Waals surface area contributed by atoms with Crippen molar-refractivity contribution in [3.05, 3.63) is 65.7 Å². The Balaban J connectivity index is 1.59. The molecule has 0 spiro atoms. The third-order valence-electron chi connectivity index (χ3n) is 5.91. The summed E-state index contributed by atoms with van der Waals surface area (Å²) in [6.45, 7) is 10.9. The Morgan fingerprint density at radius 1 is 1.00 bits per heavy atom. The Kier molecular flexibility index (Phi) is 5.97. The fourth-order valence-corrected chi connectivity index (χ4v) is 3.26. The van der Waals surface area contributed by atoms with Crippen LogP contribution in [0, 0.1) is 0 Å². The second-order valence-electron chi connectivity index (χ2n) is 8.57. The van der Waals surface area contributed by atoms with Crippen LogP contribution in [-0.2, 0) is 9.31 Å². The monoisotopic (exact) mass is 379 g/mol. The molecule has 1 amide bonds. The number of rotatable bonds is 6. The van der Waals surface area contributed by atoms with Gasteiger partial charge in [-0.25, -0.2) is 0 Å². The average Bonchev–Trinajstić information content (AvgIpc) is 2.90. The van der Waals surface area contributed by atoms with Gasteiger partial charge in [-0.05, 0) is 63.2 Å². The minimum Gasteiger partial charge on any atom is -0.399 e. The minimum atomic E-state index is -0.462. The van der Waals surface area contributed by atoms with Gasteiger partial charge in [0.2, 0.25) is 0 Å². The van der Waals surface area contributed by atoms with Crippen molar-refractivity contribution in [1.29, 1.82) is 0 Å². The van der Waals surface area contributed by atoms with Crippen molar-refractivity contribution >= 4 is 18.5 Å². The number of benzene rings is 2. The molecule has 148 valence electrons. The summed E-state index contributed by atoms with van der Waals surface area (Å²) in [5.74, 6) is 0.330. The van der Waals surface area contributed by atoms with Crippen molar-refractivity contribution < 1.29 is 14.1 Å². The van der Waals surface area contributed by atoms with Crippen LogP contribution in [-0.4, -0.2) is 30.8 Å². The zero-order chi connectivity index (χ0) is 20.4. The summed E-state index contributed by atoms with van der Waals surface area (Å²) in [6.07, 6.45) is 0.896. The Hall–Kier alpha value is -2.11. The third kappa shape index (κ3) is 4.48. The number of nitrogens with one attached hydrogen (secondary N) is 1. The number of carbonyl (C=O) groups excluding carboxylic acids is 1. The highest BCUT2D eigenvalue weighted by molar-refractivity contribution is 6.62. The van der Waals surface area contributed by atoms with E-state index in [2.05, 4.69) is 24.4 Å². The maximum absolute atomic E-state index is 12.6. The highest BCUT2D eigenvalue weighted by Crippen LogP contribution is 2.36. The van der Waals surface area contributed by atoms with Gasteiger partial charge in [-0.1, -0.05) is 49.4 Å². The average molecular weight is 379 g/mol. The lowest BCUT2D eigenvalue weighted by atomic mass is 9.78. The Labute approximate surface area is 168 Å². The zero-order valence-electron chi connectivity index (χ0n) is 17.5. The predicted molar refractivity (Wildman–Crippen MR) is 114 cm³/mol. The number of amides is 1. The van der Waals surface area contributed by atoms with E-state index in [0.717, 1.165) is 11.9 Å². The molecule has 1 fully saturated rings. The van der Waals surface area contributed by atoms with E-state index in [-0.39, 0.29) is 5.91 Å². The van der Waals surface area contributed by atoms with Crippen molar-refractivity contribution in [2.24, 2.45) is 0 Å². The highest BCUT2D eigenvalue weighted by atomic mass is 16.7. The first-order valence-electron chi connectivity index (χ1n) is 9.98. The van der Waals surface area contributed by atoms with Gasteiger partial charge in [0.15, 0.2) is 0 Å². The van der Waals surface area contributed by atoms with Gasteiger partial charge in [0.25, 0.3) is 5.91 Å². The maximum atomic E-state index is 12.6. The molecule has 0 bridgehead atoms. The van der Waals surface area contributed by atoms with Gasteiger partial charge in [-0.2, -0.15) is 0 Å². The van der Waals surface area contributed by atoms with E-state index in [9.17, 15) is 4.79 Å². The summed E-state index contributed by atoms with van der Waals surface area (Å²) in [7, 11) is -0.462. The topological polar surface area (TPSA) is 47.6 Å². The molecule has 1 heterocycles. The van der Waals surface area contributed by atoms with E-state index in [1.54, 1.807) is 0 Å². The van der Waals surface area contributed by atoms with Crippen LogP contribution in [0.2, 0.25) is 0 Å². The lowest BCUT2D eigenvalue weighted by Crippen LogP contribution is -2.41. The molecular weight excluding hydrogens is 349 g/mol. The molecule has 1 atom stereocenters. The quantitative estimate of drug-likeness (QED) is 0.775. The Bertz CT molecular complexity index is 804. The lowest BCUT2D eigenvalue weighted by Gasteiger charge is -2.32. The van der Waals surface area contributed by atoms with Gasteiger partial charge in [-0.15, -0.1) is 0 Å². The molecule has 5 heteroatoms. The van der Waals surface area contributed by atoms with E-state index in [4.69, 9.17) is 9.31 Å². The third-order valence-corrected chi connectivity index (χ3v) is 5.91. The largest absolute Gasteiger partial charge is 0.494 e. The molecule has 3 rings (SSSR count). The van der Waals surface area contributed by atoms with E-state index in [1.165, 1.54) is 5.56 Å². The summed E-state index contributed by atoms with van der Waals surface area (Å²) in [6, 6.07) is 17.9. The van der Waals surface area contributed by atoms with E-state index in [1.807, 2.05) is 70.2 Å². The Morgan fingerprint density at radius 2 is 1.64 bits per heavy atom. The van der Waals surface area contributed by atoms with Crippen molar-refractivity contribution in [3.63, 3.8) is 0 Å². The number of hydrogen-bond donors (Lipinski definition) is 1. The summed E-state index contributed by atoms with van der Waals surface area (Å²) in [5, 5.41) is 3.03. The second-order valence-corrected chi connectivity index (χ2v) is 8.57. The molecule has 1 unspecified atom stereocenters. The first-order valence-corrected chi connectivity index (χ1v) is 9.98. The first-order chi connectivity index (χ1) is 13.2. The summed E-state index contributed by atoms with van der Waals surface area (Å²) in [4.78, 5) is 12.6. The van der Waals surface area contributed by atoms with Crippen LogP contribution >= 0.6 is 0 Å². The molecule has 0 saturated carbocycles. The van der Waals surface area contributed by atoms with Crippen molar-refractivity contribution in [2.45, 2.75) is 58.2 Å². The van der Waals surface area contributed by atoms with E-state index >= 15 is 0 Å². The lowest BCUT2D eigenvalue weighted by molar-refractivity contribution is 0.00578. The van der Waals surface area contributed by atoms with Crippen LogP contribution < -0.4 is 10.8 Å². The molecule has 0 aromatic heterocycles. The maximum Gasteiger partial charge on any atom is 0.494 e. The molecule has 28 heavy (non-hydrogen) atoms. The molecule has 2 aromatic carbocycles. The predicted octanol–water partition coefficient (Wildman–Crippen LogP) is 3.91. The summed E-state index contributed by atoms with van der Waals surface area (Å²) >= 11 is 0. The van der Waals surface area contributed by atoms with Gasteiger partial charge in [0, 0.05) is 12.1 Å². The number of carbonyl (C=O) groups is 1. The normalized spacial score (nSPS) is 18.7. The fraction of sp³-hybridized carbons (Fsp3) is 0.435. The minimum absolute atomic E-state index is 0.0707. The van der Waals surface area contributed by atoms with Gasteiger partial charge in [-0.3, -0.25) is 4.79 Å². The second kappa shape index (κ2) is 8.10. The molecule has 4 nitrogen and oxygen atoms in total. The van der Waals surface area contributed by atoms with Crippen LogP contribution in [0.3, 0.4) is 0 Å². The van der Waals surface area contributed by atoms with Crippen LogP contribution in [0.1, 0.15) is 62.9 Å². The Morgan fingerprint density at radius 3 is 2.29 bits per heavy atom. The number of hydrogen-bond acceptors (Lipinski definition) is 3. The molecule has 1 aliphatic heterocycles. The standard InChI is InChI=1S/C23H30BNO3/c1-17(18-10-7-6-8-11-18)14-15-25-21(26)19-12-9-13-20(16-19)24-27-22(2,3)23(4,5)28-24/h6-13,16-17H,14-15H2,1-5H3,(H,25,26). The van der Waals surface area contributed by atoms with Gasteiger partial charge in [0.1, 0.15) is 0 Å². The smallest absolute Gasteiger partial charge is 0.399 e. The molecule has 1 N–H and O–H groups in total. The first kappa shape index (κ1) is 20.6. The summed E-state index contributed by atoms with van der Waals surface area (Å²) < 4.78 is 12.2. The molecule has 1 saturated heterocycles. The van der Waals surface area contributed by atoms with Crippen LogP contribution in [0.15, 0.2) is 54.6 Å².